The van der Waals surface area contributed by atoms with Crippen molar-refractivity contribution in [2.24, 2.45) is 0 Å². The molecule has 0 aliphatic rings. The summed E-state index contributed by atoms with van der Waals surface area (Å²) in [5.74, 6) is 1.35. The third kappa shape index (κ3) is 4.62. The van der Waals surface area contributed by atoms with E-state index in [0.717, 1.165) is 28.2 Å². The molecule has 0 saturated carbocycles. The summed E-state index contributed by atoms with van der Waals surface area (Å²) in [6.07, 6.45) is 3.31. The maximum absolute atomic E-state index is 12.5. The van der Waals surface area contributed by atoms with E-state index in [1.807, 2.05) is 51.1 Å². The lowest BCUT2D eigenvalue weighted by Gasteiger charge is -2.08. The molecule has 0 atom stereocenters. The summed E-state index contributed by atoms with van der Waals surface area (Å²) in [6.45, 7) is 6.01. The van der Waals surface area contributed by atoms with Gasteiger partial charge in [-0.2, -0.15) is 5.10 Å². The lowest BCUT2D eigenvalue weighted by atomic mass is 10.2. The van der Waals surface area contributed by atoms with Crippen LogP contribution in [0.15, 0.2) is 71.5 Å². The summed E-state index contributed by atoms with van der Waals surface area (Å²) in [7, 11) is 0. The Kier molecular flexibility index (Phi) is 5.76. The van der Waals surface area contributed by atoms with E-state index >= 15 is 0 Å². The van der Waals surface area contributed by atoms with Crippen LogP contribution in [0.2, 0.25) is 0 Å². The van der Waals surface area contributed by atoms with Gasteiger partial charge in [-0.25, -0.2) is 4.68 Å². The standard InChI is InChI=1S/C25H22N8O2/c1-15-16(2)31-33(17(15)3)24-11-10-23(29-30-24)27-19-6-8-20(9-7-19)28-25(34)21-13-22(35-32-21)18-5-4-12-26-14-18/h4-14H,1-3H3,(H,27,29)(H,28,34). The van der Waals surface area contributed by atoms with Crippen LogP contribution in [0.3, 0.4) is 0 Å². The number of anilines is 3. The highest BCUT2D eigenvalue weighted by Gasteiger charge is 2.14. The molecule has 10 nitrogen and oxygen atoms in total. The first-order chi connectivity index (χ1) is 17.0. The monoisotopic (exact) mass is 466 g/mol. The molecule has 0 spiro atoms. The molecule has 5 aromatic rings. The normalized spacial score (nSPS) is 10.8. The summed E-state index contributed by atoms with van der Waals surface area (Å²) in [5, 5.41) is 22.9. The Morgan fingerprint density at radius 3 is 2.43 bits per heavy atom. The van der Waals surface area contributed by atoms with Gasteiger partial charge in [0.05, 0.1) is 5.69 Å². The Balaban J connectivity index is 1.22. The first-order valence-electron chi connectivity index (χ1n) is 10.9. The number of amides is 1. The molecule has 4 heterocycles. The van der Waals surface area contributed by atoms with Crippen molar-refractivity contribution in [2.45, 2.75) is 20.8 Å². The number of aromatic nitrogens is 6. The van der Waals surface area contributed by atoms with Crippen LogP contribution < -0.4 is 10.6 Å². The molecule has 0 aliphatic heterocycles. The molecular weight excluding hydrogens is 444 g/mol. The van der Waals surface area contributed by atoms with Crippen molar-refractivity contribution in [3.8, 4) is 17.1 Å². The third-order valence-corrected chi connectivity index (χ3v) is 5.62. The molecular formula is C25H22N8O2. The summed E-state index contributed by atoms with van der Waals surface area (Å²) < 4.78 is 7.05. The first kappa shape index (κ1) is 22.0. The first-order valence-corrected chi connectivity index (χ1v) is 10.9. The van der Waals surface area contributed by atoms with Gasteiger partial charge in [0.15, 0.2) is 23.1 Å². The van der Waals surface area contributed by atoms with Crippen LogP contribution in [0.4, 0.5) is 17.2 Å². The molecule has 0 fully saturated rings. The fourth-order valence-corrected chi connectivity index (χ4v) is 3.46. The Bertz CT molecular complexity index is 1470. The number of carbonyl (C=O) groups excluding carboxylic acids is 1. The zero-order chi connectivity index (χ0) is 24.4. The molecule has 0 bridgehead atoms. The van der Waals surface area contributed by atoms with E-state index in [4.69, 9.17) is 4.52 Å². The van der Waals surface area contributed by atoms with E-state index in [1.54, 1.807) is 41.3 Å². The summed E-state index contributed by atoms with van der Waals surface area (Å²) in [5.41, 5.74) is 5.49. The van der Waals surface area contributed by atoms with Gasteiger partial charge in [-0.1, -0.05) is 5.16 Å². The van der Waals surface area contributed by atoms with E-state index in [9.17, 15) is 4.79 Å². The summed E-state index contributed by atoms with van der Waals surface area (Å²) in [4.78, 5) is 16.6. The topological polar surface area (TPSA) is 124 Å². The third-order valence-electron chi connectivity index (χ3n) is 5.62. The highest BCUT2D eigenvalue weighted by molar-refractivity contribution is 6.03. The predicted molar refractivity (Wildman–Crippen MR) is 131 cm³/mol. The minimum atomic E-state index is -0.370. The van der Waals surface area contributed by atoms with Gasteiger partial charge in [0.1, 0.15) is 0 Å². The van der Waals surface area contributed by atoms with Crippen molar-refractivity contribution in [3.05, 3.63) is 89.6 Å². The van der Waals surface area contributed by atoms with Crippen LogP contribution >= 0.6 is 0 Å². The molecule has 5 rings (SSSR count). The van der Waals surface area contributed by atoms with Gasteiger partial charge in [0.2, 0.25) is 0 Å². The van der Waals surface area contributed by atoms with Gasteiger partial charge in [-0.3, -0.25) is 9.78 Å². The van der Waals surface area contributed by atoms with Crippen molar-refractivity contribution >= 4 is 23.1 Å². The Hall–Kier alpha value is -4.86. The minimum Gasteiger partial charge on any atom is -0.355 e. The van der Waals surface area contributed by atoms with Gasteiger partial charge >= 0.3 is 0 Å². The van der Waals surface area contributed by atoms with Crippen LogP contribution in [0.25, 0.3) is 17.1 Å². The molecule has 1 amide bonds. The maximum atomic E-state index is 12.5. The summed E-state index contributed by atoms with van der Waals surface area (Å²) in [6, 6.07) is 16.1. The molecule has 4 aromatic heterocycles. The van der Waals surface area contributed by atoms with E-state index in [0.29, 0.717) is 23.1 Å². The second-order valence-corrected chi connectivity index (χ2v) is 7.96. The summed E-state index contributed by atoms with van der Waals surface area (Å²) >= 11 is 0. The fourth-order valence-electron chi connectivity index (χ4n) is 3.46. The van der Waals surface area contributed by atoms with Gasteiger partial charge in [0.25, 0.3) is 5.91 Å². The molecule has 174 valence electrons. The number of pyridine rings is 1. The highest BCUT2D eigenvalue weighted by Crippen LogP contribution is 2.22. The molecule has 0 unspecified atom stereocenters. The second kappa shape index (κ2) is 9.18. The number of rotatable bonds is 6. The van der Waals surface area contributed by atoms with E-state index in [-0.39, 0.29) is 11.6 Å². The largest absolute Gasteiger partial charge is 0.355 e. The smallest absolute Gasteiger partial charge is 0.277 e. The van der Waals surface area contributed by atoms with Gasteiger partial charge in [0, 0.05) is 41.1 Å². The zero-order valence-electron chi connectivity index (χ0n) is 19.4. The van der Waals surface area contributed by atoms with E-state index < -0.39 is 0 Å². The van der Waals surface area contributed by atoms with Crippen LogP contribution in [-0.2, 0) is 0 Å². The molecule has 0 saturated heterocycles. The van der Waals surface area contributed by atoms with Gasteiger partial charge in [-0.05, 0) is 74.9 Å². The van der Waals surface area contributed by atoms with E-state index in [1.165, 1.54) is 0 Å². The SMILES string of the molecule is Cc1nn(-c2ccc(Nc3ccc(NC(=O)c4cc(-c5cccnc5)on4)cc3)nn2)c(C)c1C. The van der Waals surface area contributed by atoms with Crippen molar-refractivity contribution in [1.29, 1.82) is 0 Å². The number of benzene rings is 1. The Morgan fingerprint density at radius 1 is 0.971 bits per heavy atom. The van der Waals surface area contributed by atoms with Crippen molar-refractivity contribution in [3.63, 3.8) is 0 Å². The fraction of sp³-hybridized carbons (Fsp3) is 0.120. The lowest BCUT2D eigenvalue weighted by Crippen LogP contribution is -2.12. The van der Waals surface area contributed by atoms with Gasteiger partial charge < -0.3 is 15.2 Å². The second-order valence-electron chi connectivity index (χ2n) is 7.96. The molecule has 0 aliphatic carbocycles. The van der Waals surface area contributed by atoms with Crippen molar-refractivity contribution in [1.82, 2.24) is 30.1 Å². The Morgan fingerprint density at radius 2 is 1.77 bits per heavy atom. The van der Waals surface area contributed by atoms with Crippen LogP contribution in [-0.4, -0.2) is 36.0 Å². The number of hydrogen-bond donors (Lipinski definition) is 2. The quantitative estimate of drug-likeness (QED) is 0.371. The van der Waals surface area contributed by atoms with Crippen LogP contribution in [0.1, 0.15) is 27.4 Å². The number of nitrogens with one attached hydrogen (secondary N) is 2. The highest BCUT2D eigenvalue weighted by atomic mass is 16.5. The average molecular weight is 467 g/mol. The van der Waals surface area contributed by atoms with Gasteiger partial charge in [-0.15, -0.1) is 10.2 Å². The molecule has 1 aromatic carbocycles. The van der Waals surface area contributed by atoms with E-state index in [2.05, 4.69) is 36.1 Å². The number of carbonyl (C=O) groups is 1. The molecule has 2 N–H and O–H groups in total. The maximum Gasteiger partial charge on any atom is 0.277 e. The van der Waals surface area contributed by atoms with Crippen molar-refractivity contribution < 1.29 is 9.32 Å². The molecule has 0 radical (unpaired) electrons. The zero-order valence-corrected chi connectivity index (χ0v) is 19.4. The lowest BCUT2D eigenvalue weighted by molar-refractivity contribution is 0.101. The molecule has 10 heteroatoms. The van der Waals surface area contributed by atoms with Crippen molar-refractivity contribution in [2.75, 3.05) is 10.6 Å². The Labute approximate surface area is 201 Å². The van der Waals surface area contributed by atoms with Crippen LogP contribution in [0, 0.1) is 20.8 Å². The molecule has 35 heavy (non-hydrogen) atoms. The minimum absolute atomic E-state index is 0.180. The average Bonchev–Trinajstić information content (AvgIpc) is 3.48. The number of hydrogen-bond acceptors (Lipinski definition) is 8. The number of nitrogens with zero attached hydrogens (tertiary/aromatic N) is 6. The van der Waals surface area contributed by atoms with Crippen LogP contribution in [0.5, 0.6) is 0 Å². The predicted octanol–water partition coefficient (Wildman–Crippen LogP) is 4.63. The number of aryl methyl sites for hydroxylation is 1.